The molecule has 0 atom stereocenters. The zero-order valence-electron chi connectivity index (χ0n) is 11.8. The van der Waals surface area contributed by atoms with Crippen molar-refractivity contribution in [3.8, 4) is 17.0 Å². The van der Waals surface area contributed by atoms with E-state index in [0.717, 1.165) is 41.4 Å². The minimum absolute atomic E-state index is 0.656. The van der Waals surface area contributed by atoms with E-state index in [2.05, 4.69) is 16.9 Å². The Morgan fingerprint density at radius 2 is 1.89 bits per heavy atom. The standard InChI is InChI=1S/C16H20N2O/c1-4-8-16-17-12(3)11-14(18-16)13-9-6-7-10-15(13)19-5-2/h6-7,9-11H,4-5,8H2,1-3H3. The summed E-state index contributed by atoms with van der Waals surface area (Å²) >= 11 is 0. The van der Waals surface area contributed by atoms with Crippen LogP contribution < -0.4 is 4.74 Å². The molecule has 0 spiro atoms. The highest BCUT2D eigenvalue weighted by atomic mass is 16.5. The van der Waals surface area contributed by atoms with E-state index in [-0.39, 0.29) is 0 Å². The number of ether oxygens (including phenoxy) is 1. The number of hydrogen-bond donors (Lipinski definition) is 0. The Hall–Kier alpha value is -1.90. The normalized spacial score (nSPS) is 10.5. The van der Waals surface area contributed by atoms with Crippen LogP contribution in [0.15, 0.2) is 30.3 Å². The maximum atomic E-state index is 5.67. The Balaban J connectivity index is 2.46. The fourth-order valence-electron chi connectivity index (χ4n) is 2.06. The second-order valence-corrected chi connectivity index (χ2v) is 4.49. The lowest BCUT2D eigenvalue weighted by Gasteiger charge is -2.11. The molecule has 1 heterocycles. The molecule has 2 aromatic rings. The molecule has 19 heavy (non-hydrogen) atoms. The van der Waals surface area contributed by atoms with Crippen LogP contribution in [0.25, 0.3) is 11.3 Å². The van der Waals surface area contributed by atoms with E-state index in [0.29, 0.717) is 6.61 Å². The molecule has 0 radical (unpaired) electrons. The van der Waals surface area contributed by atoms with Crippen LogP contribution in [0, 0.1) is 6.92 Å². The van der Waals surface area contributed by atoms with Crippen molar-refractivity contribution >= 4 is 0 Å². The maximum Gasteiger partial charge on any atom is 0.129 e. The van der Waals surface area contributed by atoms with Gasteiger partial charge in [0.15, 0.2) is 0 Å². The first-order valence-corrected chi connectivity index (χ1v) is 6.81. The summed E-state index contributed by atoms with van der Waals surface area (Å²) in [5.41, 5.74) is 2.98. The summed E-state index contributed by atoms with van der Waals surface area (Å²) in [4.78, 5) is 9.12. The minimum atomic E-state index is 0.656. The van der Waals surface area contributed by atoms with E-state index in [1.165, 1.54) is 0 Å². The molecule has 0 N–H and O–H groups in total. The molecule has 0 fully saturated rings. The van der Waals surface area contributed by atoms with Crippen molar-refractivity contribution in [3.05, 3.63) is 41.9 Å². The number of nitrogens with zero attached hydrogens (tertiary/aromatic N) is 2. The van der Waals surface area contributed by atoms with Gasteiger partial charge in [0.1, 0.15) is 11.6 Å². The zero-order valence-corrected chi connectivity index (χ0v) is 11.8. The molecular weight excluding hydrogens is 236 g/mol. The van der Waals surface area contributed by atoms with Gasteiger partial charge in [0.05, 0.1) is 12.3 Å². The monoisotopic (exact) mass is 256 g/mol. The molecule has 0 aliphatic rings. The van der Waals surface area contributed by atoms with Crippen LogP contribution in [0.1, 0.15) is 31.8 Å². The summed E-state index contributed by atoms with van der Waals surface area (Å²) in [6.45, 7) is 6.79. The summed E-state index contributed by atoms with van der Waals surface area (Å²) in [7, 11) is 0. The van der Waals surface area contributed by atoms with Crippen molar-refractivity contribution in [1.82, 2.24) is 9.97 Å². The Morgan fingerprint density at radius 1 is 1.11 bits per heavy atom. The van der Waals surface area contributed by atoms with Crippen LogP contribution >= 0.6 is 0 Å². The zero-order chi connectivity index (χ0) is 13.7. The number of para-hydroxylation sites is 1. The molecule has 0 saturated carbocycles. The van der Waals surface area contributed by atoms with E-state index < -0.39 is 0 Å². The molecule has 3 heteroatoms. The van der Waals surface area contributed by atoms with E-state index in [1.54, 1.807) is 0 Å². The predicted octanol–water partition coefficient (Wildman–Crippen LogP) is 3.80. The van der Waals surface area contributed by atoms with Gasteiger partial charge in [-0.3, -0.25) is 0 Å². The highest BCUT2D eigenvalue weighted by Crippen LogP contribution is 2.28. The van der Waals surface area contributed by atoms with Gasteiger partial charge in [-0.2, -0.15) is 0 Å². The first-order valence-electron chi connectivity index (χ1n) is 6.81. The molecule has 1 aromatic carbocycles. The number of aromatic nitrogens is 2. The summed E-state index contributed by atoms with van der Waals surface area (Å²) < 4.78 is 5.67. The number of rotatable bonds is 5. The van der Waals surface area contributed by atoms with Gasteiger partial charge < -0.3 is 4.74 Å². The highest BCUT2D eigenvalue weighted by Gasteiger charge is 2.09. The van der Waals surface area contributed by atoms with E-state index >= 15 is 0 Å². The van der Waals surface area contributed by atoms with Gasteiger partial charge in [-0.1, -0.05) is 19.1 Å². The molecule has 0 amide bonds. The molecular formula is C16H20N2O. The lowest BCUT2D eigenvalue weighted by molar-refractivity contribution is 0.341. The van der Waals surface area contributed by atoms with Crippen molar-refractivity contribution in [3.63, 3.8) is 0 Å². The Bertz CT molecular complexity index is 552. The smallest absolute Gasteiger partial charge is 0.129 e. The molecule has 2 rings (SSSR count). The first-order chi connectivity index (χ1) is 9.24. The second-order valence-electron chi connectivity index (χ2n) is 4.49. The molecule has 3 nitrogen and oxygen atoms in total. The SMILES string of the molecule is CCCc1nc(C)cc(-c2ccccc2OCC)n1. The Morgan fingerprint density at radius 3 is 2.63 bits per heavy atom. The minimum Gasteiger partial charge on any atom is -0.493 e. The summed E-state index contributed by atoms with van der Waals surface area (Å²) in [6.07, 6.45) is 1.96. The van der Waals surface area contributed by atoms with E-state index in [9.17, 15) is 0 Å². The van der Waals surface area contributed by atoms with Crippen LogP contribution in [0.5, 0.6) is 5.75 Å². The van der Waals surface area contributed by atoms with Gasteiger partial charge in [0.25, 0.3) is 0 Å². The van der Waals surface area contributed by atoms with Crippen LogP contribution in [-0.2, 0) is 6.42 Å². The van der Waals surface area contributed by atoms with Crippen LogP contribution in [0.2, 0.25) is 0 Å². The number of benzene rings is 1. The highest BCUT2D eigenvalue weighted by molar-refractivity contribution is 5.67. The summed E-state index contributed by atoms with van der Waals surface area (Å²) in [5, 5.41) is 0. The topological polar surface area (TPSA) is 35.0 Å². The fourth-order valence-corrected chi connectivity index (χ4v) is 2.06. The third-order valence-corrected chi connectivity index (χ3v) is 2.84. The van der Waals surface area contributed by atoms with E-state index in [4.69, 9.17) is 4.74 Å². The summed E-state index contributed by atoms with van der Waals surface area (Å²) in [5.74, 6) is 1.79. The average molecular weight is 256 g/mol. The van der Waals surface area contributed by atoms with Crippen LogP contribution in [0.3, 0.4) is 0 Å². The van der Waals surface area contributed by atoms with Gasteiger partial charge in [-0.05, 0) is 38.5 Å². The summed E-state index contributed by atoms with van der Waals surface area (Å²) in [6, 6.07) is 10.0. The molecule has 0 unspecified atom stereocenters. The molecule has 100 valence electrons. The lowest BCUT2D eigenvalue weighted by atomic mass is 10.1. The molecule has 0 bridgehead atoms. The maximum absolute atomic E-state index is 5.67. The van der Waals surface area contributed by atoms with Crippen molar-refractivity contribution in [2.45, 2.75) is 33.6 Å². The quantitative estimate of drug-likeness (QED) is 0.816. The van der Waals surface area contributed by atoms with Crippen molar-refractivity contribution in [2.24, 2.45) is 0 Å². The van der Waals surface area contributed by atoms with E-state index in [1.807, 2.05) is 44.2 Å². The van der Waals surface area contributed by atoms with Gasteiger partial charge in [0.2, 0.25) is 0 Å². The lowest BCUT2D eigenvalue weighted by Crippen LogP contribution is -2.00. The van der Waals surface area contributed by atoms with Gasteiger partial charge in [-0.25, -0.2) is 9.97 Å². The van der Waals surface area contributed by atoms with Gasteiger partial charge in [0, 0.05) is 17.7 Å². The van der Waals surface area contributed by atoms with Crippen LogP contribution in [-0.4, -0.2) is 16.6 Å². The second kappa shape index (κ2) is 6.32. The van der Waals surface area contributed by atoms with Gasteiger partial charge in [-0.15, -0.1) is 0 Å². The van der Waals surface area contributed by atoms with Crippen molar-refractivity contribution < 1.29 is 4.74 Å². The molecule has 1 aromatic heterocycles. The third-order valence-electron chi connectivity index (χ3n) is 2.84. The van der Waals surface area contributed by atoms with Crippen molar-refractivity contribution in [1.29, 1.82) is 0 Å². The Kier molecular flexibility index (Phi) is 4.50. The fraction of sp³-hybridized carbons (Fsp3) is 0.375. The molecule has 0 aliphatic heterocycles. The number of aryl methyl sites for hydroxylation is 2. The van der Waals surface area contributed by atoms with Crippen LogP contribution in [0.4, 0.5) is 0 Å². The van der Waals surface area contributed by atoms with Crippen molar-refractivity contribution in [2.75, 3.05) is 6.61 Å². The Labute approximate surface area is 114 Å². The molecule has 0 aliphatic carbocycles. The first kappa shape index (κ1) is 13.5. The average Bonchev–Trinajstić information content (AvgIpc) is 2.39. The largest absolute Gasteiger partial charge is 0.493 e. The molecule has 0 saturated heterocycles. The number of hydrogen-bond acceptors (Lipinski definition) is 3. The van der Waals surface area contributed by atoms with Gasteiger partial charge >= 0.3 is 0 Å². The third kappa shape index (κ3) is 3.31. The predicted molar refractivity (Wildman–Crippen MR) is 77.4 cm³/mol.